The van der Waals surface area contributed by atoms with Gasteiger partial charge in [0.1, 0.15) is 24.7 Å². The highest BCUT2D eigenvalue weighted by atomic mass is 32.1. The highest BCUT2D eigenvalue weighted by molar-refractivity contribution is 7.23. The molecule has 1 aliphatic heterocycles. The number of carbonyl (C=O) groups is 1. The van der Waals surface area contributed by atoms with Gasteiger partial charge >= 0.3 is 5.97 Å². The summed E-state index contributed by atoms with van der Waals surface area (Å²) in [5, 5.41) is 0. The first-order chi connectivity index (χ1) is 16.2. The zero-order chi connectivity index (χ0) is 22.4. The molecule has 0 N–H and O–H groups in total. The molecule has 0 saturated carbocycles. The van der Waals surface area contributed by atoms with E-state index < -0.39 is 5.97 Å². The van der Waals surface area contributed by atoms with Gasteiger partial charge in [0.2, 0.25) is 0 Å². The van der Waals surface area contributed by atoms with Gasteiger partial charge in [0, 0.05) is 10.9 Å². The highest BCUT2D eigenvalue weighted by Crippen LogP contribution is 2.37. The van der Waals surface area contributed by atoms with Crippen LogP contribution in [0, 0.1) is 0 Å². The molecule has 6 rings (SSSR count). The number of thiazole rings is 1. The highest BCUT2D eigenvalue weighted by Gasteiger charge is 2.17. The molecular formula is C24H16N2O5S2. The smallest absolute Gasteiger partial charge is 0.348 e. The van der Waals surface area contributed by atoms with E-state index in [-0.39, 0.29) is 12.2 Å². The molecule has 0 saturated heterocycles. The molecular weight excluding hydrogens is 460 g/mol. The molecule has 0 amide bonds. The normalized spacial score (nSPS) is 12.8. The summed E-state index contributed by atoms with van der Waals surface area (Å²) in [4.78, 5) is 31.7. The lowest BCUT2D eigenvalue weighted by Gasteiger charge is -2.18. The summed E-state index contributed by atoms with van der Waals surface area (Å²) < 4.78 is 19.2. The van der Waals surface area contributed by atoms with Crippen LogP contribution in [0.4, 0.5) is 0 Å². The van der Waals surface area contributed by atoms with Crippen molar-refractivity contribution in [1.29, 1.82) is 0 Å². The first kappa shape index (κ1) is 20.0. The average Bonchev–Trinajstić information content (AvgIpc) is 3.47. The number of nitrogens with zero attached hydrogens (tertiary/aromatic N) is 2. The second-order valence-electron chi connectivity index (χ2n) is 7.37. The first-order valence-electron chi connectivity index (χ1n) is 10.2. The summed E-state index contributed by atoms with van der Waals surface area (Å²) in [7, 11) is 0. The van der Waals surface area contributed by atoms with E-state index in [4.69, 9.17) is 14.2 Å². The molecule has 7 nitrogen and oxygen atoms in total. The van der Waals surface area contributed by atoms with E-state index in [0.717, 1.165) is 26.4 Å². The number of rotatable bonds is 4. The van der Waals surface area contributed by atoms with Crippen molar-refractivity contribution in [3.8, 4) is 21.9 Å². The number of para-hydroxylation sites is 1. The fourth-order valence-electron chi connectivity index (χ4n) is 3.71. The minimum atomic E-state index is -0.456. The molecule has 164 valence electrons. The number of benzene rings is 2. The van der Waals surface area contributed by atoms with Crippen molar-refractivity contribution in [2.75, 3.05) is 13.2 Å². The average molecular weight is 477 g/mol. The van der Waals surface area contributed by atoms with Gasteiger partial charge in [-0.05, 0) is 48.0 Å². The first-order valence-corrected chi connectivity index (χ1v) is 11.9. The van der Waals surface area contributed by atoms with E-state index in [1.165, 1.54) is 28.7 Å². The van der Waals surface area contributed by atoms with Crippen molar-refractivity contribution in [3.05, 3.63) is 81.6 Å². The van der Waals surface area contributed by atoms with E-state index in [0.29, 0.717) is 34.5 Å². The fraction of sp³-hybridized carbons (Fsp3) is 0.125. The van der Waals surface area contributed by atoms with Crippen LogP contribution >= 0.6 is 22.7 Å². The summed E-state index contributed by atoms with van der Waals surface area (Å²) in [6, 6.07) is 18.4. The Morgan fingerprint density at radius 2 is 1.85 bits per heavy atom. The van der Waals surface area contributed by atoms with E-state index >= 15 is 0 Å². The Morgan fingerprint density at radius 3 is 2.76 bits per heavy atom. The standard InChI is InChI=1S/C24H16N2O5S2/c27-22-12-15(25-24-26(22)16-3-1-2-4-20(16)33-24)13-31-23(28)21-8-7-19(32-21)14-5-6-17-18(11-14)30-10-9-29-17/h1-8,11-12H,9-10,13H2. The van der Waals surface area contributed by atoms with E-state index in [1.54, 1.807) is 10.5 Å². The molecule has 1 aliphatic rings. The predicted octanol–water partition coefficient (Wildman–Crippen LogP) is 4.77. The van der Waals surface area contributed by atoms with E-state index in [2.05, 4.69) is 4.98 Å². The lowest BCUT2D eigenvalue weighted by atomic mass is 10.1. The number of hydrogen-bond donors (Lipinski definition) is 0. The molecule has 4 heterocycles. The number of esters is 1. The number of carbonyl (C=O) groups excluding carboxylic acids is 1. The van der Waals surface area contributed by atoms with Gasteiger partial charge in [0.05, 0.1) is 15.9 Å². The molecule has 0 radical (unpaired) electrons. The van der Waals surface area contributed by atoms with Gasteiger partial charge in [-0.3, -0.25) is 9.20 Å². The quantitative estimate of drug-likeness (QED) is 0.348. The Morgan fingerprint density at radius 1 is 1.00 bits per heavy atom. The zero-order valence-corrected chi connectivity index (χ0v) is 18.8. The van der Waals surface area contributed by atoms with Crippen molar-refractivity contribution in [2.45, 2.75) is 6.61 Å². The van der Waals surface area contributed by atoms with Crippen LogP contribution in [0.15, 0.2) is 65.5 Å². The van der Waals surface area contributed by atoms with Crippen molar-refractivity contribution in [1.82, 2.24) is 9.38 Å². The second-order valence-corrected chi connectivity index (χ2v) is 9.46. The summed E-state index contributed by atoms with van der Waals surface area (Å²) in [5.41, 5.74) is 1.99. The Balaban J connectivity index is 1.20. The van der Waals surface area contributed by atoms with Crippen LogP contribution in [-0.4, -0.2) is 28.6 Å². The van der Waals surface area contributed by atoms with Gasteiger partial charge in [-0.2, -0.15) is 0 Å². The monoisotopic (exact) mass is 476 g/mol. The lowest BCUT2D eigenvalue weighted by Crippen LogP contribution is -2.15. The maximum absolute atomic E-state index is 12.6. The van der Waals surface area contributed by atoms with Crippen LogP contribution in [0.5, 0.6) is 11.5 Å². The molecule has 0 atom stereocenters. The van der Waals surface area contributed by atoms with Crippen LogP contribution in [0.3, 0.4) is 0 Å². The number of aromatic nitrogens is 2. The van der Waals surface area contributed by atoms with Crippen LogP contribution in [0.2, 0.25) is 0 Å². The molecule has 5 aromatic rings. The number of ether oxygens (including phenoxy) is 3. The summed E-state index contributed by atoms with van der Waals surface area (Å²) in [6.07, 6.45) is 0. The molecule has 33 heavy (non-hydrogen) atoms. The molecule has 0 fully saturated rings. The van der Waals surface area contributed by atoms with Crippen molar-refractivity contribution in [2.24, 2.45) is 0 Å². The van der Waals surface area contributed by atoms with E-state index in [1.807, 2.05) is 48.5 Å². The minimum absolute atomic E-state index is 0.0733. The van der Waals surface area contributed by atoms with Crippen molar-refractivity contribution >= 4 is 43.8 Å². The largest absolute Gasteiger partial charge is 0.486 e. The molecule has 9 heteroatoms. The number of fused-ring (bicyclic) bond motifs is 4. The molecule has 0 aliphatic carbocycles. The van der Waals surface area contributed by atoms with Gasteiger partial charge in [-0.25, -0.2) is 9.78 Å². The molecule has 0 spiro atoms. The third-order valence-electron chi connectivity index (χ3n) is 5.23. The van der Waals surface area contributed by atoms with Crippen molar-refractivity contribution < 1.29 is 19.0 Å². The summed E-state index contributed by atoms with van der Waals surface area (Å²) in [6.45, 7) is 0.984. The summed E-state index contributed by atoms with van der Waals surface area (Å²) in [5.74, 6) is 0.965. The van der Waals surface area contributed by atoms with Gasteiger partial charge in [0.25, 0.3) is 5.56 Å². The maximum Gasteiger partial charge on any atom is 0.348 e. The molecule has 2 aromatic carbocycles. The zero-order valence-electron chi connectivity index (χ0n) is 17.1. The van der Waals surface area contributed by atoms with Crippen LogP contribution in [0.1, 0.15) is 15.4 Å². The maximum atomic E-state index is 12.6. The SMILES string of the molecule is O=C(OCc1cc(=O)n2c(n1)sc1ccccc12)c1ccc(-c2ccc3c(c2)OCCO3)s1. The molecule has 3 aromatic heterocycles. The number of hydrogen-bond acceptors (Lipinski definition) is 8. The number of thiophene rings is 1. The van der Waals surface area contributed by atoms with Crippen molar-refractivity contribution in [3.63, 3.8) is 0 Å². The minimum Gasteiger partial charge on any atom is -0.486 e. The Kier molecular flexibility index (Phi) is 4.85. The predicted molar refractivity (Wildman–Crippen MR) is 127 cm³/mol. The topological polar surface area (TPSA) is 79.1 Å². The fourth-order valence-corrected chi connectivity index (χ4v) is 5.65. The Hall–Kier alpha value is -3.69. The second kappa shape index (κ2) is 8.02. The summed E-state index contributed by atoms with van der Waals surface area (Å²) >= 11 is 2.76. The lowest BCUT2D eigenvalue weighted by molar-refractivity contribution is 0.0473. The van der Waals surface area contributed by atoms with Crippen LogP contribution in [0.25, 0.3) is 25.6 Å². The molecule has 0 unspecified atom stereocenters. The Labute approximate surface area is 195 Å². The van der Waals surface area contributed by atoms with Gasteiger partial charge < -0.3 is 14.2 Å². The van der Waals surface area contributed by atoms with Gasteiger partial charge in [0.15, 0.2) is 16.5 Å². The van der Waals surface area contributed by atoms with E-state index in [9.17, 15) is 9.59 Å². The molecule has 0 bridgehead atoms. The van der Waals surface area contributed by atoms with Crippen LogP contribution in [-0.2, 0) is 11.3 Å². The van der Waals surface area contributed by atoms with Gasteiger partial charge in [-0.1, -0.05) is 23.5 Å². The Bertz CT molecular complexity index is 1580. The third-order valence-corrected chi connectivity index (χ3v) is 7.37. The van der Waals surface area contributed by atoms with Gasteiger partial charge in [-0.15, -0.1) is 11.3 Å². The third kappa shape index (κ3) is 3.65. The van der Waals surface area contributed by atoms with Crippen LogP contribution < -0.4 is 15.0 Å².